The molecule has 0 unspecified atom stereocenters. The van der Waals surface area contributed by atoms with Crippen LogP contribution in [0.4, 0.5) is 0 Å². The molecule has 3 rings (SSSR count). The fraction of sp³-hybridized carbons (Fsp3) is 0.345. The van der Waals surface area contributed by atoms with Crippen molar-refractivity contribution in [3.63, 3.8) is 0 Å². The minimum absolute atomic E-state index is 0.0376. The number of ketones is 1. The average Bonchev–Trinajstić information content (AvgIpc) is 2.88. The number of carbonyl (C=O) groups is 1. The summed E-state index contributed by atoms with van der Waals surface area (Å²) in [6.07, 6.45) is -1.04. The zero-order valence-electron chi connectivity index (χ0n) is 21.5. The highest BCUT2D eigenvalue weighted by molar-refractivity contribution is 7.89. The molecule has 1 N–H and O–H groups in total. The number of rotatable bonds is 14. The number of hydrogen-bond acceptors (Lipinski definition) is 5. The van der Waals surface area contributed by atoms with Crippen molar-refractivity contribution in [1.29, 1.82) is 0 Å². The SMILES string of the molecule is [B]CC(=O)c1ccc(S(=O)(=O)N(CC(C)C)C[C@@H](O)CN(Cc2ccccc2)Cc2ccccc2)cc1. The van der Waals surface area contributed by atoms with E-state index in [2.05, 4.69) is 4.90 Å². The normalized spacial score (nSPS) is 12.8. The summed E-state index contributed by atoms with van der Waals surface area (Å²) in [6.45, 7) is 5.66. The molecule has 0 amide bonds. The number of carbonyl (C=O) groups excluding carboxylic acids is 1. The summed E-state index contributed by atoms with van der Waals surface area (Å²) in [6, 6.07) is 25.8. The number of Topliss-reactive ketones (excluding diaryl/α,β-unsaturated/α-hetero) is 1. The van der Waals surface area contributed by atoms with Gasteiger partial charge in [0.15, 0.2) is 5.78 Å². The minimum Gasteiger partial charge on any atom is -0.390 e. The van der Waals surface area contributed by atoms with Crippen LogP contribution >= 0.6 is 0 Å². The van der Waals surface area contributed by atoms with Gasteiger partial charge >= 0.3 is 0 Å². The number of sulfonamides is 1. The van der Waals surface area contributed by atoms with Gasteiger partial charge in [-0.15, -0.1) is 0 Å². The Hall–Kier alpha value is -2.78. The first-order chi connectivity index (χ1) is 17.7. The zero-order valence-corrected chi connectivity index (χ0v) is 22.3. The lowest BCUT2D eigenvalue weighted by Gasteiger charge is -2.30. The van der Waals surface area contributed by atoms with Gasteiger partial charge in [-0.1, -0.05) is 86.6 Å². The minimum atomic E-state index is -3.88. The first-order valence-corrected chi connectivity index (χ1v) is 13.9. The van der Waals surface area contributed by atoms with E-state index in [0.717, 1.165) is 11.1 Å². The molecule has 3 aromatic rings. The van der Waals surface area contributed by atoms with Gasteiger partial charge in [-0.25, -0.2) is 8.42 Å². The lowest BCUT2D eigenvalue weighted by molar-refractivity contribution is 0.0860. The molecule has 0 aromatic heterocycles. The molecule has 194 valence electrons. The van der Waals surface area contributed by atoms with Crippen molar-refractivity contribution in [2.75, 3.05) is 19.6 Å². The van der Waals surface area contributed by atoms with Crippen LogP contribution in [0.5, 0.6) is 0 Å². The van der Waals surface area contributed by atoms with Crippen molar-refractivity contribution >= 4 is 23.7 Å². The molecule has 37 heavy (non-hydrogen) atoms. The summed E-state index contributed by atoms with van der Waals surface area (Å²) in [5, 5.41) is 11.1. The van der Waals surface area contributed by atoms with E-state index in [1.54, 1.807) is 0 Å². The zero-order chi connectivity index (χ0) is 26.8. The quantitative estimate of drug-likeness (QED) is 0.256. The van der Waals surface area contributed by atoms with Crippen molar-refractivity contribution in [3.8, 4) is 0 Å². The van der Waals surface area contributed by atoms with E-state index in [1.807, 2.05) is 74.5 Å². The van der Waals surface area contributed by atoms with Gasteiger partial charge in [-0.2, -0.15) is 4.31 Å². The Balaban J connectivity index is 1.78. The van der Waals surface area contributed by atoms with Crippen molar-refractivity contribution in [2.24, 2.45) is 5.92 Å². The standard InChI is InChI=1S/C29H35BN2O4S/c1-23(2)18-32(37(35,36)28-15-13-26(14-16-28)29(34)17-30)22-27(33)21-31(19-24-9-5-3-6-10-24)20-25-11-7-4-8-12-25/h3-16,23,27,33H,17-22H2,1-2H3/t27-/m0/s1. The Labute approximate surface area is 222 Å². The fourth-order valence-electron chi connectivity index (χ4n) is 4.22. The van der Waals surface area contributed by atoms with Gasteiger partial charge in [-0.05, 0) is 35.5 Å². The van der Waals surface area contributed by atoms with E-state index in [0.29, 0.717) is 25.2 Å². The van der Waals surface area contributed by atoms with Crippen molar-refractivity contribution < 1.29 is 18.3 Å². The Morgan fingerprint density at radius 3 is 1.78 bits per heavy atom. The third-order valence-corrected chi connectivity index (χ3v) is 7.80. The summed E-state index contributed by atoms with van der Waals surface area (Å²) < 4.78 is 28.4. The van der Waals surface area contributed by atoms with Gasteiger partial charge in [0.1, 0.15) is 0 Å². The second-order valence-electron chi connectivity index (χ2n) is 9.66. The van der Waals surface area contributed by atoms with Crippen LogP contribution in [0, 0.1) is 5.92 Å². The van der Waals surface area contributed by atoms with Crippen molar-refractivity contribution in [2.45, 2.75) is 44.3 Å². The van der Waals surface area contributed by atoms with Crippen LogP contribution < -0.4 is 0 Å². The molecule has 0 saturated heterocycles. The van der Waals surface area contributed by atoms with Crippen LogP contribution in [0.2, 0.25) is 6.32 Å². The summed E-state index contributed by atoms with van der Waals surface area (Å²) >= 11 is 0. The first-order valence-electron chi connectivity index (χ1n) is 12.5. The second-order valence-corrected chi connectivity index (χ2v) is 11.6. The van der Waals surface area contributed by atoms with Gasteiger partial charge in [0.05, 0.1) is 18.8 Å². The average molecular weight is 518 g/mol. The molecule has 0 aliphatic rings. The monoisotopic (exact) mass is 518 g/mol. The number of benzene rings is 3. The van der Waals surface area contributed by atoms with Crippen molar-refractivity contribution in [3.05, 3.63) is 102 Å². The third-order valence-electron chi connectivity index (χ3n) is 5.95. The van der Waals surface area contributed by atoms with E-state index >= 15 is 0 Å². The van der Waals surface area contributed by atoms with Crippen LogP contribution in [0.3, 0.4) is 0 Å². The Morgan fingerprint density at radius 2 is 1.32 bits per heavy atom. The number of hydrogen-bond donors (Lipinski definition) is 1. The smallest absolute Gasteiger partial charge is 0.243 e. The molecule has 0 heterocycles. The molecule has 0 bridgehead atoms. The van der Waals surface area contributed by atoms with Crippen molar-refractivity contribution in [1.82, 2.24) is 9.21 Å². The van der Waals surface area contributed by atoms with Gasteiger partial charge in [-0.3, -0.25) is 9.69 Å². The first kappa shape index (κ1) is 28.8. The van der Waals surface area contributed by atoms with Crippen LogP contribution in [-0.2, 0) is 23.1 Å². The van der Waals surface area contributed by atoms with E-state index in [-0.39, 0.29) is 36.0 Å². The topological polar surface area (TPSA) is 77.9 Å². The Morgan fingerprint density at radius 1 is 0.811 bits per heavy atom. The largest absolute Gasteiger partial charge is 0.390 e. The summed E-state index contributed by atoms with van der Waals surface area (Å²) in [5.41, 5.74) is 2.60. The molecule has 3 aromatic carbocycles. The highest BCUT2D eigenvalue weighted by Gasteiger charge is 2.28. The van der Waals surface area contributed by atoms with Gasteiger partial charge in [0.2, 0.25) is 10.0 Å². The maximum atomic E-state index is 13.5. The molecule has 0 fully saturated rings. The summed E-state index contributed by atoms with van der Waals surface area (Å²) in [5.74, 6) is -0.194. The number of nitrogens with zero attached hydrogens (tertiary/aromatic N) is 2. The maximum absolute atomic E-state index is 13.5. The van der Waals surface area contributed by atoms with Gasteiger partial charge < -0.3 is 5.11 Å². The van der Waals surface area contributed by atoms with Gasteiger partial charge in [0, 0.05) is 38.3 Å². The molecule has 0 spiro atoms. The molecule has 8 heteroatoms. The van der Waals surface area contributed by atoms with Crippen LogP contribution in [-0.4, -0.2) is 62.1 Å². The predicted octanol–water partition coefficient (Wildman–Crippen LogP) is 4.17. The Bertz CT molecular complexity index is 1180. The molecule has 0 aliphatic heterocycles. The molecule has 6 nitrogen and oxygen atoms in total. The number of aliphatic hydroxyl groups is 1. The molecule has 2 radical (unpaired) electrons. The van der Waals surface area contributed by atoms with Crippen LogP contribution in [0.1, 0.15) is 35.3 Å². The number of aliphatic hydroxyl groups excluding tert-OH is 1. The van der Waals surface area contributed by atoms with E-state index in [1.165, 1.54) is 28.6 Å². The van der Waals surface area contributed by atoms with Crippen LogP contribution in [0.25, 0.3) is 0 Å². The van der Waals surface area contributed by atoms with E-state index in [9.17, 15) is 18.3 Å². The third kappa shape index (κ3) is 8.64. The molecule has 0 aliphatic carbocycles. The fourth-order valence-corrected chi connectivity index (χ4v) is 5.86. The lowest BCUT2D eigenvalue weighted by Crippen LogP contribution is -2.43. The van der Waals surface area contributed by atoms with E-state index < -0.39 is 16.1 Å². The highest BCUT2D eigenvalue weighted by atomic mass is 32.2. The lowest BCUT2D eigenvalue weighted by atomic mass is 9.96. The predicted molar refractivity (Wildman–Crippen MR) is 148 cm³/mol. The summed E-state index contributed by atoms with van der Waals surface area (Å²) in [7, 11) is 1.53. The maximum Gasteiger partial charge on any atom is 0.243 e. The highest BCUT2D eigenvalue weighted by Crippen LogP contribution is 2.20. The Kier molecular flexibility index (Phi) is 10.6. The second kappa shape index (κ2) is 13.7. The van der Waals surface area contributed by atoms with Gasteiger partial charge in [0.25, 0.3) is 0 Å². The van der Waals surface area contributed by atoms with Crippen LogP contribution in [0.15, 0.2) is 89.8 Å². The summed E-state index contributed by atoms with van der Waals surface area (Å²) in [4.78, 5) is 14.1. The molecular weight excluding hydrogens is 483 g/mol. The molecular formula is C29H35BN2O4S. The van der Waals surface area contributed by atoms with E-state index in [4.69, 9.17) is 7.85 Å². The molecule has 0 saturated carbocycles. The molecule has 1 atom stereocenters.